The van der Waals surface area contributed by atoms with Crippen LogP contribution in [0.25, 0.3) is 0 Å². The molecule has 20 heavy (non-hydrogen) atoms. The van der Waals surface area contributed by atoms with Gasteiger partial charge in [0, 0.05) is 6.04 Å². The molecule has 5 nitrogen and oxygen atoms in total. The first-order valence-electron chi connectivity index (χ1n) is 6.42. The van der Waals surface area contributed by atoms with E-state index in [-0.39, 0.29) is 24.1 Å². The van der Waals surface area contributed by atoms with Gasteiger partial charge in [-0.25, -0.2) is 4.79 Å². The lowest BCUT2D eigenvalue weighted by molar-refractivity contribution is -0.123. The molecule has 0 aliphatic carbocycles. The fourth-order valence-electron chi connectivity index (χ4n) is 1.66. The molecule has 0 aromatic heterocycles. The number of halogens is 1. The molecule has 0 saturated heterocycles. The van der Waals surface area contributed by atoms with E-state index in [0.29, 0.717) is 10.2 Å². The molecule has 0 bridgehead atoms. The van der Waals surface area contributed by atoms with E-state index in [9.17, 15) is 9.59 Å². The van der Waals surface area contributed by atoms with E-state index in [1.807, 2.05) is 13.8 Å². The third-order valence-corrected chi connectivity index (χ3v) is 3.51. The maximum Gasteiger partial charge on any atom is 0.335 e. The first-order chi connectivity index (χ1) is 9.47. The summed E-state index contributed by atoms with van der Waals surface area (Å²) < 4.78 is 5.88. The molecule has 0 aliphatic heterocycles. The van der Waals surface area contributed by atoms with Crippen LogP contribution in [0.1, 0.15) is 37.0 Å². The minimum absolute atomic E-state index is 0.0957. The zero-order chi connectivity index (χ0) is 15.1. The second kappa shape index (κ2) is 7.89. The molecule has 1 aromatic carbocycles. The first kappa shape index (κ1) is 16.5. The number of hydrogen-bond acceptors (Lipinski definition) is 3. The summed E-state index contributed by atoms with van der Waals surface area (Å²) in [6.45, 7) is 3.93. The number of aromatic carboxylic acids is 1. The van der Waals surface area contributed by atoms with Crippen LogP contribution < -0.4 is 10.1 Å². The minimum Gasteiger partial charge on any atom is -0.483 e. The van der Waals surface area contributed by atoms with Crippen molar-refractivity contribution in [3.63, 3.8) is 0 Å². The quantitative estimate of drug-likeness (QED) is 0.798. The predicted octanol–water partition coefficient (Wildman–Crippen LogP) is 2.83. The third-order valence-electron chi connectivity index (χ3n) is 2.89. The Morgan fingerprint density at radius 1 is 1.35 bits per heavy atom. The van der Waals surface area contributed by atoms with Gasteiger partial charge in [0.25, 0.3) is 5.91 Å². The van der Waals surface area contributed by atoms with Crippen molar-refractivity contribution in [1.82, 2.24) is 5.32 Å². The Kier molecular flexibility index (Phi) is 6.51. The summed E-state index contributed by atoms with van der Waals surface area (Å²) in [6, 6.07) is 4.55. The highest BCUT2D eigenvalue weighted by molar-refractivity contribution is 9.10. The highest BCUT2D eigenvalue weighted by Gasteiger charge is 2.11. The molecule has 1 aromatic rings. The number of benzene rings is 1. The first-order valence-corrected chi connectivity index (χ1v) is 7.22. The normalized spacial score (nSPS) is 10.4. The number of carboxylic acid groups (broad SMARTS) is 1. The molecule has 0 heterocycles. The Hall–Kier alpha value is -1.56. The summed E-state index contributed by atoms with van der Waals surface area (Å²) in [6.07, 6.45) is 1.75. The fourth-order valence-corrected chi connectivity index (χ4v) is 2.15. The number of amides is 1. The molecule has 0 fully saturated rings. The van der Waals surface area contributed by atoms with Crippen molar-refractivity contribution in [3.05, 3.63) is 28.2 Å². The van der Waals surface area contributed by atoms with Gasteiger partial charge in [-0.05, 0) is 47.0 Å². The summed E-state index contributed by atoms with van der Waals surface area (Å²) in [5, 5.41) is 11.7. The van der Waals surface area contributed by atoms with Crippen molar-refractivity contribution in [3.8, 4) is 5.75 Å². The largest absolute Gasteiger partial charge is 0.483 e. The molecule has 1 amide bonds. The fraction of sp³-hybridized carbons (Fsp3) is 0.429. The second-order valence-corrected chi connectivity index (χ2v) is 5.17. The molecular formula is C14H18BrNO4. The van der Waals surface area contributed by atoms with Crippen LogP contribution in [0.5, 0.6) is 5.75 Å². The van der Waals surface area contributed by atoms with Crippen molar-refractivity contribution in [2.24, 2.45) is 0 Å². The Labute approximate surface area is 126 Å². The van der Waals surface area contributed by atoms with Gasteiger partial charge < -0.3 is 15.2 Å². The number of hydrogen-bond donors (Lipinski definition) is 2. The molecule has 0 saturated carbocycles. The molecule has 2 N–H and O–H groups in total. The molecule has 110 valence electrons. The van der Waals surface area contributed by atoms with Gasteiger partial charge >= 0.3 is 5.97 Å². The smallest absolute Gasteiger partial charge is 0.335 e. The average Bonchev–Trinajstić information content (AvgIpc) is 2.43. The van der Waals surface area contributed by atoms with E-state index < -0.39 is 5.97 Å². The zero-order valence-electron chi connectivity index (χ0n) is 11.5. The van der Waals surface area contributed by atoms with Crippen molar-refractivity contribution >= 4 is 27.8 Å². The van der Waals surface area contributed by atoms with Crippen LogP contribution in [0.15, 0.2) is 22.7 Å². The summed E-state index contributed by atoms with van der Waals surface area (Å²) in [5.41, 5.74) is 0.158. The van der Waals surface area contributed by atoms with Crippen LogP contribution >= 0.6 is 15.9 Å². The van der Waals surface area contributed by atoms with Crippen LogP contribution in [0.4, 0.5) is 0 Å². The van der Waals surface area contributed by atoms with E-state index >= 15 is 0 Å². The van der Waals surface area contributed by atoms with Gasteiger partial charge in [0.15, 0.2) is 6.61 Å². The Balaban J connectivity index is 2.57. The monoisotopic (exact) mass is 343 g/mol. The highest BCUT2D eigenvalue weighted by atomic mass is 79.9. The molecule has 0 spiro atoms. The number of carbonyl (C=O) groups excluding carboxylic acids is 1. The molecule has 0 aliphatic rings. The van der Waals surface area contributed by atoms with E-state index in [1.165, 1.54) is 18.2 Å². The Morgan fingerprint density at radius 2 is 2.00 bits per heavy atom. The summed E-state index contributed by atoms with van der Waals surface area (Å²) >= 11 is 3.22. The predicted molar refractivity (Wildman–Crippen MR) is 79.1 cm³/mol. The molecule has 0 atom stereocenters. The lowest BCUT2D eigenvalue weighted by Gasteiger charge is -2.15. The van der Waals surface area contributed by atoms with E-state index in [2.05, 4.69) is 21.2 Å². The molecule has 1 rings (SSSR count). The number of carboxylic acids is 1. The van der Waals surface area contributed by atoms with Crippen molar-refractivity contribution < 1.29 is 19.4 Å². The summed E-state index contributed by atoms with van der Waals surface area (Å²) in [7, 11) is 0. The van der Waals surface area contributed by atoms with Crippen molar-refractivity contribution in [2.75, 3.05) is 6.61 Å². The van der Waals surface area contributed by atoms with Gasteiger partial charge in [-0.2, -0.15) is 0 Å². The van der Waals surface area contributed by atoms with Crippen LogP contribution in [0.3, 0.4) is 0 Å². The highest BCUT2D eigenvalue weighted by Crippen LogP contribution is 2.25. The van der Waals surface area contributed by atoms with Gasteiger partial charge in [0.2, 0.25) is 0 Å². The maximum atomic E-state index is 11.7. The van der Waals surface area contributed by atoms with E-state index in [1.54, 1.807) is 0 Å². The topological polar surface area (TPSA) is 75.6 Å². The van der Waals surface area contributed by atoms with Gasteiger partial charge in [-0.15, -0.1) is 0 Å². The zero-order valence-corrected chi connectivity index (χ0v) is 13.1. The number of nitrogens with one attached hydrogen (secondary N) is 1. The number of rotatable bonds is 7. The van der Waals surface area contributed by atoms with Crippen LogP contribution in [-0.4, -0.2) is 29.6 Å². The van der Waals surface area contributed by atoms with Crippen LogP contribution in [0.2, 0.25) is 0 Å². The molecule has 0 radical (unpaired) electrons. The number of ether oxygens (including phenoxy) is 1. The number of carbonyl (C=O) groups is 2. The average molecular weight is 344 g/mol. The Morgan fingerprint density at radius 3 is 2.50 bits per heavy atom. The van der Waals surface area contributed by atoms with E-state index in [0.717, 1.165) is 12.8 Å². The molecular weight excluding hydrogens is 326 g/mol. The van der Waals surface area contributed by atoms with Crippen LogP contribution in [0, 0.1) is 0 Å². The SMILES string of the molecule is CCC(CC)NC(=O)COc1ccc(C(=O)O)cc1Br. The molecule has 0 unspecified atom stereocenters. The second-order valence-electron chi connectivity index (χ2n) is 4.32. The van der Waals surface area contributed by atoms with Crippen molar-refractivity contribution in [2.45, 2.75) is 32.7 Å². The minimum atomic E-state index is -1.01. The molecule has 6 heteroatoms. The van der Waals surface area contributed by atoms with E-state index in [4.69, 9.17) is 9.84 Å². The van der Waals surface area contributed by atoms with Gasteiger partial charge in [-0.3, -0.25) is 4.79 Å². The summed E-state index contributed by atoms with van der Waals surface area (Å²) in [5.74, 6) is -0.758. The lowest BCUT2D eigenvalue weighted by atomic mass is 10.2. The maximum absolute atomic E-state index is 11.7. The lowest BCUT2D eigenvalue weighted by Crippen LogP contribution is -2.37. The third kappa shape index (κ3) is 4.85. The van der Waals surface area contributed by atoms with Gasteiger partial charge in [0.05, 0.1) is 10.0 Å². The van der Waals surface area contributed by atoms with Crippen molar-refractivity contribution in [1.29, 1.82) is 0 Å². The summed E-state index contributed by atoms with van der Waals surface area (Å²) in [4.78, 5) is 22.5. The van der Waals surface area contributed by atoms with Gasteiger partial charge in [-0.1, -0.05) is 13.8 Å². The van der Waals surface area contributed by atoms with Crippen LogP contribution in [-0.2, 0) is 4.79 Å². The standard InChI is InChI=1S/C14H18BrNO4/c1-3-10(4-2)16-13(17)8-20-12-6-5-9(14(18)19)7-11(12)15/h5-7,10H,3-4,8H2,1-2H3,(H,16,17)(H,18,19). The van der Waals surface area contributed by atoms with Gasteiger partial charge in [0.1, 0.15) is 5.75 Å². The Bertz CT molecular complexity index is 486.